The molecule has 136 valence electrons. The first-order chi connectivity index (χ1) is 12.0. The maximum Gasteiger partial charge on any atom is 0.312 e. The van der Waals surface area contributed by atoms with Gasteiger partial charge in [-0.25, -0.2) is 4.39 Å². The zero-order chi connectivity index (χ0) is 18.0. The van der Waals surface area contributed by atoms with Gasteiger partial charge in [0.2, 0.25) is 0 Å². The van der Waals surface area contributed by atoms with Crippen LogP contribution in [0.2, 0.25) is 0 Å². The summed E-state index contributed by atoms with van der Waals surface area (Å²) in [5, 5.41) is 0. The van der Waals surface area contributed by atoms with E-state index in [2.05, 4.69) is 0 Å². The first kappa shape index (κ1) is 17.7. The van der Waals surface area contributed by atoms with E-state index >= 15 is 0 Å². The average Bonchev–Trinajstić information content (AvgIpc) is 2.61. The van der Waals surface area contributed by atoms with Crippen molar-refractivity contribution in [2.75, 3.05) is 31.1 Å². The van der Waals surface area contributed by atoms with Crippen LogP contribution in [0.3, 0.4) is 0 Å². The highest BCUT2D eigenvalue weighted by Crippen LogP contribution is 2.24. The third kappa shape index (κ3) is 3.62. The minimum Gasteiger partial charge on any atom is -0.366 e. The van der Waals surface area contributed by atoms with Crippen LogP contribution in [0.25, 0.3) is 0 Å². The van der Waals surface area contributed by atoms with Gasteiger partial charge in [-0.1, -0.05) is 12.1 Å². The van der Waals surface area contributed by atoms with Gasteiger partial charge < -0.3 is 14.7 Å². The van der Waals surface area contributed by atoms with Gasteiger partial charge in [-0.2, -0.15) is 0 Å². The summed E-state index contributed by atoms with van der Waals surface area (Å²) >= 11 is 0. The summed E-state index contributed by atoms with van der Waals surface area (Å²) in [7, 11) is 0. The molecule has 0 radical (unpaired) electrons. The fourth-order valence-electron chi connectivity index (χ4n) is 3.93. The van der Waals surface area contributed by atoms with Crippen LogP contribution in [0.15, 0.2) is 24.3 Å². The molecule has 0 N–H and O–H groups in total. The number of amides is 2. The molecule has 6 heteroatoms. The lowest BCUT2D eigenvalue weighted by Crippen LogP contribution is -2.57. The Labute approximate surface area is 148 Å². The standard InChI is InChI=1S/C19H26FN3O2/c1-14-6-5-7-15(2)23(14)19(25)18(24)22-12-10-21(11-13-22)17-9-4-3-8-16(17)20/h3-4,8-9,14-15H,5-7,10-13H2,1-2H3. The van der Waals surface area contributed by atoms with Crippen LogP contribution >= 0.6 is 0 Å². The van der Waals surface area contributed by atoms with E-state index in [0.29, 0.717) is 31.9 Å². The van der Waals surface area contributed by atoms with Gasteiger partial charge in [0.25, 0.3) is 0 Å². The first-order valence-electron chi connectivity index (χ1n) is 9.10. The molecule has 2 amide bonds. The molecule has 25 heavy (non-hydrogen) atoms. The van der Waals surface area contributed by atoms with Gasteiger partial charge in [-0.15, -0.1) is 0 Å². The summed E-state index contributed by atoms with van der Waals surface area (Å²) < 4.78 is 13.9. The average molecular weight is 347 g/mol. The Hall–Kier alpha value is -2.11. The predicted octanol–water partition coefficient (Wildman–Crippen LogP) is 2.26. The molecule has 5 nitrogen and oxygen atoms in total. The number of hydrogen-bond acceptors (Lipinski definition) is 3. The Morgan fingerprint density at radius 2 is 1.56 bits per heavy atom. The summed E-state index contributed by atoms with van der Waals surface area (Å²) in [4.78, 5) is 30.6. The Bertz CT molecular complexity index is 633. The number of benzene rings is 1. The summed E-state index contributed by atoms with van der Waals surface area (Å²) in [5.41, 5.74) is 0.555. The van der Waals surface area contributed by atoms with E-state index in [-0.39, 0.29) is 23.8 Å². The highest BCUT2D eigenvalue weighted by molar-refractivity contribution is 6.35. The molecule has 0 aromatic heterocycles. The van der Waals surface area contributed by atoms with E-state index in [1.807, 2.05) is 18.7 Å². The molecular weight excluding hydrogens is 321 g/mol. The summed E-state index contributed by atoms with van der Waals surface area (Å²) in [6.45, 7) is 5.97. The van der Waals surface area contributed by atoms with Crippen molar-refractivity contribution in [1.29, 1.82) is 0 Å². The molecule has 0 spiro atoms. The van der Waals surface area contributed by atoms with Gasteiger partial charge in [0.1, 0.15) is 5.82 Å². The third-order valence-electron chi connectivity index (χ3n) is 5.37. The summed E-state index contributed by atoms with van der Waals surface area (Å²) in [6.07, 6.45) is 3.00. The maximum atomic E-state index is 13.9. The minimum atomic E-state index is -0.422. The molecule has 1 aromatic carbocycles. The molecule has 2 aliphatic rings. The lowest BCUT2D eigenvalue weighted by molar-refractivity contribution is -0.155. The number of carbonyl (C=O) groups is 2. The van der Waals surface area contributed by atoms with Gasteiger partial charge >= 0.3 is 11.8 Å². The highest BCUT2D eigenvalue weighted by atomic mass is 19.1. The monoisotopic (exact) mass is 347 g/mol. The zero-order valence-corrected chi connectivity index (χ0v) is 14.9. The lowest BCUT2D eigenvalue weighted by atomic mass is 9.97. The first-order valence-corrected chi connectivity index (χ1v) is 9.10. The summed E-state index contributed by atoms with van der Waals surface area (Å²) in [6, 6.07) is 6.88. The zero-order valence-electron chi connectivity index (χ0n) is 14.9. The molecular formula is C19H26FN3O2. The highest BCUT2D eigenvalue weighted by Gasteiger charge is 2.36. The SMILES string of the molecule is CC1CCCC(C)N1C(=O)C(=O)N1CCN(c2ccccc2F)CC1. The number of piperazine rings is 1. The topological polar surface area (TPSA) is 43.9 Å². The van der Waals surface area contributed by atoms with Crippen molar-refractivity contribution in [2.45, 2.75) is 45.2 Å². The van der Waals surface area contributed by atoms with Crippen LogP contribution in [0.4, 0.5) is 10.1 Å². The number of piperidine rings is 1. The van der Waals surface area contributed by atoms with E-state index in [1.54, 1.807) is 28.0 Å². The second-order valence-corrected chi connectivity index (χ2v) is 7.07. The minimum absolute atomic E-state index is 0.111. The molecule has 2 heterocycles. The van der Waals surface area contributed by atoms with E-state index < -0.39 is 5.91 Å². The second-order valence-electron chi connectivity index (χ2n) is 7.07. The number of carbonyl (C=O) groups excluding carboxylic acids is 2. The van der Waals surface area contributed by atoms with Crippen LogP contribution in [0, 0.1) is 5.82 Å². The van der Waals surface area contributed by atoms with Gasteiger partial charge in [0, 0.05) is 38.3 Å². The molecule has 2 atom stereocenters. The molecule has 1 aromatic rings. The van der Waals surface area contributed by atoms with Gasteiger partial charge in [0.05, 0.1) is 5.69 Å². The van der Waals surface area contributed by atoms with Gasteiger partial charge in [-0.3, -0.25) is 9.59 Å². The Morgan fingerprint density at radius 1 is 0.960 bits per heavy atom. The molecule has 2 saturated heterocycles. The number of anilines is 1. The van der Waals surface area contributed by atoms with E-state index in [9.17, 15) is 14.0 Å². The van der Waals surface area contributed by atoms with Crippen molar-refractivity contribution in [3.8, 4) is 0 Å². The fraction of sp³-hybridized carbons (Fsp3) is 0.579. The Morgan fingerprint density at radius 3 is 2.16 bits per heavy atom. The maximum absolute atomic E-state index is 13.9. The molecule has 3 rings (SSSR count). The molecule has 0 bridgehead atoms. The van der Waals surface area contributed by atoms with Crippen LogP contribution in [-0.4, -0.2) is 59.9 Å². The normalized spacial score (nSPS) is 24.4. The molecule has 0 saturated carbocycles. The van der Waals surface area contributed by atoms with Crippen molar-refractivity contribution in [3.63, 3.8) is 0 Å². The van der Waals surface area contributed by atoms with Crippen LogP contribution < -0.4 is 4.90 Å². The Kier molecular flexibility index (Phi) is 5.25. The second kappa shape index (κ2) is 7.42. The number of nitrogens with zero attached hydrogens (tertiary/aromatic N) is 3. The lowest BCUT2D eigenvalue weighted by Gasteiger charge is -2.41. The molecule has 2 aliphatic heterocycles. The number of para-hydroxylation sites is 1. The van der Waals surface area contributed by atoms with Crippen molar-refractivity contribution in [2.24, 2.45) is 0 Å². The fourth-order valence-corrected chi connectivity index (χ4v) is 3.93. The van der Waals surface area contributed by atoms with Crippen molar-refractivity contribution in [3.05, 3.63) is 30.1 Å². The summed E-state index contributed by atoms with van der Waals surface area (Å²) in [5.74, 6) is -1.07. The predicted molar refractivity (Wildman–Crippen MR) is 94.8 cm³/mol. The van der Waals surface area contributed by atoms with Crippen LogP contribution in [-0.2, 0) is 9.59 Å². The number of rotatable bonds is 1. The van der Waals surface area contributed by atoms with E-state index in [4.69, 9.17) is 0 Å². The van der Waals surface area contributed by atoms with E-state index in [0.717, 1.165) is 19.3 Å². The third-order valence-corrected chi connectivity index (χ3v) is 5.37. The van der Waals surface area contributed by atoms with E-state index in [1.165, 1.54) is 6.07 Å². The van der Waals surface area contributed by atoms with Crippen LogP contribution in [0.5, 0.6) is 0 Å². The number of halogens is 1. The smallest absolute Gasteiger partial charge is 0.312 e. The van der Waals surface area contributed by atoms with Crippen molar-refractivity contribution in [1.82, 2.24) is 9.80 Å². The Balaban J connectivity index is 1.61. The van der Waals surface area contributed by atoms with Gasteiger partial charge in [0.15, 0.2) is 0 Å². The van der Waals surface area contributed by atoms with Crippen molar-refractivity contribution < 1.29 is 14.0 Å². The van der Waals surface area contributed by atoms with Crippen LogP contribution in [0.1, 0.15) is 33.1 Å². The quantitative estimate of drug-likeness (QED) is 0.732. The van der Waals surface area contributed by atoms with Gasteiger partial charge in [-0.05, 0) is 45.2 Å². The van der Waals surface area contributed by atoms with Crippen molar-refractivity contribution >= 4 is 17.5 Å². The number of likely N-dealkylation sites (tertiary alicyclic amines) is 1. The number of hydrogen-bond donors (Lipinski definition) is 0. The molecule has 2 unspecified atom stereocenters. The molecule has 2 fully saturated rings. The largest absolute Gasteiger partial charge is 0.366 e. The molecule has 0 aliphatic carbocycles.